The molecule has 2 saturated carbocycles. The maximum atomic E-state index is 9.84. The zero-order chi connectivity index (χ0) is 19.3. The van der Waals surface area contributed by atoms with Crippen LogP contribution in [0.2, 0.25) is 0 Å². The Morgan fingerprint density at radius 3 is 2.96 bits per heavy atom. The summed E-state index contributed by atoms with van der Waals surface area (Å²) in [6.45, 7) is 2.42. The van der Waals surface area contributed by atoms with Crippen molar-refractivity contribution in [3.63, 3.8) is 0 Å². The van der Waals surface area contributed by atoms with Gasteiger partial charge in [0.1, 0.15) is 5.75 Å². The SMILES string of the molecule is Cn1cc(/C=N\N=C2\CC[C@@H]3[C@@H]4CCc5cc(O)ccc5[C@@H]4CC[C@@]23C)cn1. The number of aromatic nitrogens is 2. The van der Waals surface area contributed by atoms with Crippen molar-refractivity contribution in [2.45, 2.75) is 51.4 Å². The third-order valence-corrected chi connectivity index (χ3v) is 7.56. The largest absolute Gasteiger partial charge is 0.508 e. The predicted molar refractivity (Wildman–Crippen MR) is 111 cm³/mol. The normalized spacial score (nSPS) is 33.1. The minimum absolute atomic E-state index is 0.182. The van der Waals surface area contributed by atoms with Gasteiger partial charge in [0.05, 0.1) is 12.4 Å². The van der Waals surface area contributed by atoms with Crippen molar-refractivity contribution in [3.8, 4) is 5.75 Å². The van der Waals surface area contributed by atoms with E-state index in [9.17, 15) is 5.11 Å². The minimum Gasteiger partial charge on any atom is -0.508 e. The summed E-state index contributed by atoms with van der Waals surface area (Å²) in [6.07, 6.45) is 12.6. The first-order chi connectivity index (χ1) is 13.5. The number of hydrogen-bond donors (Lipinski definition) is 1. The monoisotopic (exact) mass is 376 g/mol. The zero-order valence-electron chi connectivity index (χ0n) is 16.7. The molecule has 4 atom stereocenters. The number of phenols is 1. The van der Waals surface area contributed by atoms with Crippen LogP contribution >= 0.6 is 0 Å². The van der Waals surface area contributed by atoms with E-state index < -0.39 is 0 Å². The fraction of sp³-hybridized carbons (Fsp3) is 0.522. The van der Waals surface area contributed by atoms with Gasteiger partial charge in [-0.3, -0.25) is 4.68 Å². The number of fused-ring (bicyclic) bond motifs is 5. The number of aryl methyl sites for hydroxylation is 2. The molecule has 0 amide bonds. The van der Waals surface area contributed by atoms with Crippen LogP contribution in [-0.2, 0) is 13.5 Å². The highest BCUT2D eigenvalue weighted by Crippen LogP contribution is 2.60. The lowest BCUT2D eigenvalue weighted by Crippen LogP contribution is -2.42. The summed E-state index contributed by atoms with van der Waals surface area (Å²) in [5, 5.41) is 23.1. The Labute approximate surface area is 166 Å². The van der Waals surface area contributed by atoms with Crippen LogP contribution in [0.3, 0.4) is 0 Å². The summed E-state index contributed by atoms with van der Waals surface area (Å²) >= 11 is 0. The van der Waals surface area contributed by atoms with Crippen LogP contribution in [-0.4, -0.2) is 26.8 Å². The lowest BCUT2D eigenvalue weighted by atomic mass is 9.55. The molecule has 1 heterocycles. The molecule has 1 aromatic heterocycles. The molecule has 0 unspecified atom stereocenters. The molecule has 5 heteroatoms. The summed E-state index contributed by atoms with van der Waals surface area (Å²) < 4.78 is 1.78. The van der Waals surface area contributed by atoms with Crippen LogP contribution in [0.5, 0.6) is 5.75 Å². The van der Waals surface area contributed by atoms with Gasteiger partial charge in [-0.25, -0.2) is 0 Å². The fourth-order valence-electron chi connectivity index (χ4n) is 6.19. The number of aromatic hydroxyl groups is 1. The first kappa shape index (κ1) is 17.7. The lowest BCUT2D eigenvalue weighted by Gasteiger charge is -2.49. The maximum Gasteiger partial charge on any atom is 0.115 e. The molecule has 1 aromatic carbocycles. The topological polar surface area (TPSA) is 62.8 Å². The maximum absolute atomic E-state index is 9.84. The summed E-state index contributed by atoms with van der Waals surface area (Å²) in [5.74, 6) is 2.46. The predicted octanol–water partition coefficient (Wildman–Crippen LogP) is 4.46. The van der Waals surface area contributed by atoms with Gasteiger partial charge in [0.25, 0.3) is 0 Å². The standard InChI is InChI=1S/C23H28N4O/c1-23-10-9-19-18-6-4-17(28)11-16(18)3-5-20(19)21(23)7-8-22(23)26-24-12-15-13-25-27(2)14-15/h4,6,11-14,19-21,28H,3,5,7-10H2,1-2H3/b24-12-,26-22-/t19-,20+,21+,23+/m0/s1. The van der Waals surface area contributed by atoms with E-state index in [-0.39, 0.29) is 5.41 Å². The molecule has 2 fully saturated rings. The van der Waals surface area contributed by atoms with Crippen molar-refractivity contribution in [2.75, 3.05) is 0 Å². The summed E-state index contributed by atoms with van der Waals surface area (Å²) in [5.41, 5.74) is 5.30. The molecule has 0 aliphatic heterocycles. The van der Waals surface area contributed by atoms with Crippen LogP contribution in [0.1, 0.15) is 61.6 Å². The second kappa shape index (κ2) is 6.57. The van der Waals surface area contributed by atoms with E-state index >= 15 is 0 Å². The van der Waals surface area contributed by atoms with Crippen LogP contribution in [0, 0.1) is 17.3 Å². The third kappa shape index (κ3) is 2.79. The smallest absolute Gasteiger partial charge is 0.115 e. The number of nitrogens with zero attached hydrogens (tertiary/aromatic N) is 4. The molecular weight excluding hydrogens is 348 g/mol. The van der Waals surface area contributed by atoms with Crippen molar-refractivity contribution in [2.24, 2.45) is 34.5 Å². The molecule has 3 aliphatic carbocycles. The first-order valence-electron chi connectivity index (χ1n) is 10.5. The van der Waals surface area contributed by atoms with Crippen molar-refractivity contribution in [1.82, 2.24) is 9.78 Å². The molecule has 1 N–H and O–H groups in total. The number of benzene rings is 1. The Hall–Kier alpha value is -2.43. The first-order valence-corrected chi connectivity index (χ1v) is 10.5. The van der Waals surface area contributed by atoms with Crippen LogP contribution in [0.4, 0.5) is 0 Å². The van der Waals surface area contributed by atoms with Crippen LogP contribution < -0.4 is 0 Å². The van der Waals surface area contributed by atoms with E-state index in [0.29, 0.717) is 17.6 Å². The van der Waals surface area contributed by atoms with Crippen molar-refractivity contribution in [3.05, 3.63) is 47.3 Å². The molecule has 0 saturated heterocycles. The Kier molecular flexibility index (Phi) is 4.14. The number of rotatable bonds is 2. The van der Waals surface area contributed by atoms with Gasteiger partial charge in [-0.1, -0.05) is 13.0 Å². The third-order valence-electron chi connectivity index (χ3n) is 7.56. The average molecular weight is 377 g/mol. The second-order valence-electron chi connectivity index (χ2n) is 9.03. The highest BCUT2D eigenvalue weighted by atomic mass is 16.3. The fourth-order valence-corrected chi connectivity index (χ4v) is 6.19. The van der Waals surface area contributed by atoms with E-state index in [1.165, 1.54) is 42.5 Å². The van der Waals surface area contributed by atoms with Gasteiger partial charge in [-0.15, -0.1) is 0 Å². The molecule has 5 nitrogen and oxygen atoms in total. The van der Waals surface area contributed by atoms with E-state index in [1.807, 2.05) is 37.8 Å². The van der Waals surface area contributed by atoms with E-state index in [4.69, 9.17) is 5.10 Å². The lowest BCUT2D eigenvalue weighted by molar-refractivity contribution is 0.0955. The highest BCUT2D eigenvalue weighted by molar-refractivity contribution is 5.93. The molecule has 0 bridgehead atoms. The molecule has 0 radical (unpaired) electrons. The Bertz CT molecular complexity index is 959. The van der Waals surface area contributed by atoms with Crippen molar-refractivity contribution >= 4 is 11.9 Å². The average Bonchev–Trinajstić information content (AvgIpc) is 3.24. The van der Waals surface area contributed by atoms with Gasteiger partial charge >= 0.3 is 0 Å². The van der Waals surface area contributed by atoms with Crippen molar-refractivity contribution < 1.29 is 5.11 Å². The van der Waals surface area contributed by atoms with Gasteiger partial charge in [-0.05, 0) is 79.5 Å². The van der Waals surface area contributed by atoms with Gasteiger partial charge in [0, 0.05) is 29.9 Å². The quantitative estimate of drug-likeness (QED) is 0.621. The number of hydrogen-bond acceptors (Lipinski definition) is 4. The van der Waals surface area contributed by atoms with Gasteiger partial charge in [-0.2, -0.15) is 15.3 Å². The molecule has 146 valence electrons. The number of phenolic OH excluding ortho intramolecular Hbond substituents is 1. The van der Waals surface area contributed by atoms with E-state index in [2.05, 4.69) is 23.2 Å². The summed E-state index contributed by atoms with van der Waals surface area (Å²) in [7, 11) is 1.91. The van der Waals surface area contributed by atoms with E-state index in [1.54, 1.807) is 4.68 Å². The summed E-state index contributed by atoms with van der Waals surface area (Å²) in [4.78, 5) is 0. The molecule has 0 spiro atoms. The molecule has 2 aromatic rings. The molecule has 3 aliphatic rings. The molecule has 5 rings (SSSR count). The van der Waals surface area contributed by atoms with Gasteiger partial charge in [0.2, 0.25) is 0 Å². The van der Waals surface area contributed by atoms with Gasteiger partial charge < -0.3 is 5.11 Å². The van der Waals surface area contributed by atoms with Crippen LogP contribution in [0.15, 0.2) is 40.8 Å². The van der Waals surface area contributed by atoms with E-state index in [0.717, 1.165) is 24.3 Å². The molecule has 28 heavy (non-hydrogen) atoms. The minimum atomic E-state index is 0.182. The second-order valence-corrected chi connectivity index (χ2v) is 9.03. The molecular formula is C23H28N4O. The summed E-state index contributed by atoms with van der Waals surface area (Å²) in [6, 6.07) is 6.02. The Morgan fingerprint density at radius 2 is 2.14 bits per heavy atom. The zero-order valence-corrected chi connectivity index (χ0v) is 16.7. The van der Waals surface area contributed by atoms with Crippen molar-refractivity contribution in [1.29, 1.82) is 0 Å². The van der Waals surface area contributed by atoms with Gasteiger partial charge in [0.15, 0.2) is 0 Å². The van der Waals surface area contributed by atoms with Crippen LogP contribution in [0.25, 0.3) is 0 Å². The Balaban J connectivity index is 1.39. The highest BCUT2D eigenvalue weighted by Gasteiger charge is 2.53. The Morgan fingerprint density at radius 1 is 1.25 bits per heavy atom.